The average Bonchev–Trinajstić information content (AvgIpc) is 2.72. The number of rotatable bonds is 5. The second-order valence-electron chi connectivity index (χ2n) is 4.06. The minimum atomic E-state index is -1.24. The van der Waals surface area contributed by atoms with Crippen molar-refractivity contribution in [3.8, 4) is 0 Å². The summed E-state index contributed by atoms with van der Waals surface area (Å²) in [7, 11) is 1.39. The lowest BCUT2D eigenvalue weighted by Gasteiger charge is -2.07. The van der Waals surface area contributed by atoms with Crippen LogP contribution in [0.4, 0.5) is 8.78 Å². The number of hydrogen-bond donors (Lipinski definition) is 1. The van der Waals surface area contributed by atoms with Crippen molar-refractivity contribution in [2.45, 2.75) is 13.2 Å². The summed E-state index contributed by atoms with van der Waals surface area (Å²) in [4.78, 5) is 11.0. The highest BCUT2D eigenvalue weighted by Gasteiger charge is 2.19. The Kier molecular flexibility index (Phi) is 4.04. The van der Waals surface area contributed by atoms with E-state index in [-0.39, 0.29) is 24.5 Å². The van der Waals surface area contributed by atoms with E-state index in [1.54, 1.807) is 0 Å². The third-order valence-electron chi connectivity index (χ3n) is 2.58. The fourth-order valence-corrected chi connectivity index (χ4v) is 1.78. The van der Waals surface area contributed by atoms with Crippen LogP contribution in [0.25, 0.3) is 0 Å². The van der Waals surface area contributed by atoms with Crippen molar-refractivity contribution in [2.75, 3.05) is 7.11 Å². The molecule has 0 amide bonds. The number of carbonyl (C=O) groups is 1. The first-order valence-corrected chi connectivity index (χ1v) is 5.61. The van der Waals surface area contributed by atoms with Gasteiger partial charge in [0.1, 0.15) is 11.6 Å². The molecule has 0 aliphatic carbocycles. The Hall–Kier alpha value is -2.35. The highest BCUT2D eigenvalue weighted by atomic mass is 19.1. The van der Waals surface area contributed by atoms with Gasteiger partial charge in [0.25, 0.3) is 0 Å². The summed E-state index contributed by atoms with van der Waals surface area (Å²) in [5.41, 5.74) is 0.287. The van der Waals surface area contributed by atoms with Crippen molar-refractivity contribution >= 4 is 5.97 Å². The van der Waals surface area contributed by atoms with E-state index in [4.69, 9.17) is 9.84 Å². The number of benzene rings is 1. The molecule has 0 unspecified atom stereocenters. The molecule has 0 bridgehead atoms. The summed E-state index contributed by atoms with van der Waals surface area (Å²) in [6, 6.07) is 3.03. The van der Waals surface area contributed by atoms with Crippen LogP contribution < -0.4 is 0 Å². The van der Waals surface area contributed by atoms with E-state index in [2.05, 4.69) is 10.3 Å². The van der Waals surface area contributed by atoms with Gasteiger partial charge in [-0.05, 0) is 17.7 Å². The number of carboxylic acid groups (broad SMARTS) is 1. The molecule has 0 aliphatic rings. The van der Waals surface area contributed by atoms with E-state index in [0.29, 0.717) is 5.56 Å². The molecule has 6 nitrogen and oxygen atoms in total. The van der Waals surface area contributed by atoms with Gasteiger partial charge in [-0.3, -0.25) is 0 Å². The number of aromatic nitrogens is 3. The standard InChI is InChI=1S/C12H11F2N3O3/c1-20-6-10-11(12(18)19)15-16-17(10)5-7-2-8(13)4-9(14)3-7/h2-4H,5-6H2,1H3,(H,18,19). The quantitative estimate of drug-likeness (QED) is 0.898. The number of halogens is 2. The second-order valence-corrected chi connectivity index (χ2v) is 4.06. The molecule has 106 valence electrons. The Morgan fingerprint density at radius 2 is 2.00 bits per heavy atom. The lowest BCUT2D eigenvalue weighted by molar-refractivity contribution is 0.0684. The Morgan fingerprint density at radius 3 is 2.55 bits per heavy atom. The molecule has 0 radical (unpaired) electrons. The van der Waals surface area contributed by atoms with Crippen molar-refractivity contribution in [3.63, 3.8) is 0 Å². The van der Waals surface area contributed by atoms with Crippen LogP contribution >= 0.6 is 0 Å². The van der Waals surface area contributed by atoms with Gasteiger partial charge in [-0.1, -0.05) is 5.21 Å². The summed E-state index contributed by atoms with van der Waals surface area (Å²) in [5.74, 6) is -2.67. The summed E-state index contributed by atoms with van der Waals surface area (Å²) < 4.78 is 32.3. The summed E-state index contributed by atoms with van der Waals surface area (Å²) in [6.07, 6.45) is 0. The predicted molar refractivity (Wildman–Crippen MR) is 63.2 cm³/mol. The van der Waals surface area contributed by atoms with Crippen LogP contribution in [0.2, 0.25) is 0 Å². The number of ether oxygens (including phenoxy) is 1. The molecule has 2 rings (SSSR count). The molecular weight excluding hydrogens is 272 g/mol. The number of hydrogen-bond acceptors (Lipinski definition) is 4. The highest BCUT2D eigenvalue weighted by molar-refractivity contribution is 5.86. The van der Waals surface area contributed by atoms with Crippen molar-refractivity contribution < 1.29 is 23.4 Å². The Bertz CT molecular complexity index is 623. The molecular formula is C12H11F2N3O3. The van der Waals surface area contributed by atoms with E-state index in [0.717, 1.165) is 18.2 Å². The van der Waals surface area contributed by atoms with Crippen LogP contribution in [-0.2, 0) is 17.9 Å². The number of carboxylic acids is 1. The lowest BCUT2D eigenvalue weighted by Crippen LogP contribution is -2.10. The van der Waals surface area contributed by atoms with Crippen molar-refractivity contribution in [3.05, 3.63) is 46.8 Å². The van der Waals surface area contributed by atoms with Gasteiger partial charge in [0.05, 0.1) is 18.8 Å². The Morgan fingerprint density at radius 1 is 1.35 bits per heavy atom. The van der Waals surface area contributed by atoms with Crippen LogP contribution in [0.1, 0.15) is 21.7 Å². The summed E-state index contributed by atoms with van der Waals surface area (Å²) in [5, 5.41) is 16.2. The van der Waals surface area contributed by atoms with Crippen LogP contribution in [0.15, 0.2) is 18.2 Å². The predicted octanol–water partition coefficient (Wildman–Crippen LogP) is 1.45. The largest absolute Gasteiger partial charge is 0.476 e. The van der Waals surface area contributed by atoms with Crippen LogP contribution in [0.5, 0.6) is 0 Å². The smallest absolute Gasteiger partial charge is 0.358 e. The molecule has 0 saturated heterocycles. The molecule has 1 aromatic carbocycles. The summed E-state index contributed by atoms with van der Waals surface area (Å²) in [6.45, 7) is -0.0277. The van der Waals surface area contributed by atoms with Gasteiger partial charge in [-0.25, -0.2) is 18.3 Å². The van der Waals surface area contributed by atoms with Gasteiger partial charge in [0, 0.05) is 13.2 Å². The first-order chi connectivity index (χ1) is 9.51. The third kappa shape index (κ3) is 2.97. The van der Waals surface area contributed by atoms with Gasteiger partial charge in [-0.15, -0.1) is 5.10 Å². The normalized spacial score (nSPS) is 10.8. The molecule has 0 fully saturated rings. The topological polar surface area (TPSA) is 77.2 Å². The van der Waals surface area contributed by atoms with Crippen molar-refractivity contribution in [1.82, 2.24) is 15.0 Å². The minimum absolute atomic E-state index is 0.00630. The maximum Gasteiger partial charge on any atom is 0.358 e. The van der Waals surface area contributed by atoms with Crippen molar-refractivity contribution in [1.29, 1.82) is 0 Å². The van der Waals surface area contributed by atoms with E-state index in [1.807, 2.05) is 0 Å². The monoisotopic (exact) mass is 283 g/mol. The Labute approximate surface area is 112 Å². The molecule has 2 aromatic rings. The van der Waals surface area contributed by atoms with Crippen LogP contribution in [-0.4, -0.2) is 33.2 Å². The van der Waals surface area contributed by atoms with Crippen LogP contribution in [0.3, 0.4) is 0 Å². The maximum atomic E-state index is 13.1. The number of aromatic carboxylic acids is 1. The van der Waals surface area contributed by atoms with E-state index in [9.17, 15) is 13.6 Å². The van der Waals surface area contributed by atoms with Gasteiger partial charge in [-0.2, -0.15) is 0 Å². The maximum absolute atomic E-state index is 13.1. The SMILES string of the molecule is COCc1c(C(=O)O)nnn1Cc1cc(F)cc(F)c1. The van der Waals surface area contributed by atoms with Gasteiger partial charge in [0.2, 0.25) is 0 Å². The van der Waals surface area contributed by atoms with Crippen LogP contribution in [0, 0.1) is 11.6 Å². The molecule has 0 aliphatic heterocycles. The summed E-state index contributed by atoms with van der Waals surface area (Å²) >= 11 is 0. The van der Waals surface area contributed by atoms with E-state index >= 15 is 0 Å². The highest BCUT2D eigenvalue weighted by Crippen LogP contribution is 2.13. The molecule has 0 atom stereocenters. The Balaban J connectivity index is 2.35. The molecule has 1 N–H and O–H groups in total. The van der Waals surface area contributed by atoms with E-state index < -0.39 is 17.6 Å². The zero-order valence-electron chi connectivity index (χ0n) is 10.5. The minimum Gasteiger partial charge on any atom is -0.476 e. The fourth-order valence-electron chi connectivity index (χ4n) is 1.78. The van der Waals surface area contributed by atoms with Gasteiger partial charge < -0.3 is 9.84 Å². The molecule has 20 heavy (non-hydrogen) atoms. The van der Waals surface area contributed by atoms with Gasteiger partial charge in [0.15, 0.2) is 5.69 Å². The zero-order chi connectivity index (χ0) is 14.7. The molecule has 0 spiro atoms. The number of nitrogens with zero attached hydrogens (tertiary/aromatic N) is 3. The third-order valence-corrected chi connectivity index (χ3v) is 2.58. The second kappa shape index (κ2) is 5.74. The number of methoxy groups -OCH3 is 1. The lowest BCUT2D eigenvalue weighted by atomic mass is 10.2. The molecule has 1 aromatic heterocycles. The average molecular weight is 283 g/mol. The van der Waals surface area contributed by atoms with E-state index in [1.165, 1.54) is 11.8 Å². The first-order valence-electron chi connectivity index (χ1n) is 5.61. The zero-order valence-corrected chi connectivity index (χ0v) is 10.5. The molecule has 8 heteroatoms. The fraction of sp³-hybridized carbons (Fsp3) is 0.250. The molecule has 0 saturated carbocycles. The first kappa shape index (κ1) is 14.1. The molecule has 1 heterocycles. The van der Waals surface area contributed by atoms with Gasteiger partial charge >= 0.3 is 5.97 Å². The van der Waals surface area contributed by atoms with Crippen molar-refractivity contribution in [2.24, 2.45) is 0 Å².